The molecular formula is C17H18N4O6S. The molecular weight excluding hydrogens is 388 g/mol. The predicted octanol–water partition coefficient (Wildman–Crippen LogP) is 0.574. The van der Waals surface area contributed by atoms with Gasteiger partial charge in [-0.25, -0.2) is 13.2 Å². The summed E-state index contributed by atoms with van der Waals surface area (Å²) >= 11 is 0. The number of carbonyl (C=O) groups is 2. The Bertz CT molecular complexity index is 1030. The van der Waals surface area contributed by atoms with Gasteiger partial charge >= 0.3 is 6.03 Å². The van der Waals surface area contributed by atoms with E-state index in [0.717, 1.165) is 0 Å². The van der Waals surface area contributed by atoms with Crippen LogP contribution in [0.3, 0.4) is 0 Å². The van der Waals surface area contributed by atoms with Crippen LogP contribution in [0.25, 0.3) is 0 Å². The van der Waals surface area contributed by atoms with Gasteiger partial charge in [-0.2, -0.15) is 0 Å². The number of sulfone groups is 1. The summed E-state index contributed by atoms with van der Waals surface area (Å²) in [4.78, 5) is 38.9. The summed E-state index contributed by atoms with van der Waals surface area (Å²) < 4.78 is 23.7. The largest absolute Gasteiger partial charge is 0.329 e. The van der Waals surface area contributed by atoms with Crippen molar-refractivity contribution in [2.24, 2.45) is 0 Å². The van der Waals surface area contributed by atoms with Crippen LogP contribution in [0.4, 0.5) is 10.5 Å². The first-order valence-corrected chi connectivity index (χ1v) is 10.5. The number of nitrogens with one attached hydrogen (secondary N) is 1. The van der Waals surface area contributed by atoms with Gasteiger partial charge in [-0.3, -0.25) is 19.8 Å². The summed E-state index contributed by atoms with van der Waals surface area (Å²) in [7, 11) is -1.64. The monoisotopic (exact) mass is 406 g/mol. The van der Waals surface area contributed by atoms with Gasteiger partial charge < -0.3 is 10.2 Å². The molecule has 1 N–H and O–H groups in total. The van der Waals surface area contributed by atoms with E-state index in [1.165, 1.54) is 35.0 Å². The van der Waals surface area contributed by atoms with Gasteiger partial charge in [0.15, 0.2) is 9.84 Å². The average molecular weight is 406 g/mol. The topological polar surface area (TPSA) is 130 Å². The summed E-state index contributed by atoms with van der Waals surface area (Å²) in [6.07, 6.45) is 0.362. The highest BCUT2D eigenvalue weighted by atomic mass is 32.2. The van der Waals surface area contributed by atoms with Gasteiger partial charge in [-0.15, -0.1) is 0 Å². The van der Waals surface area contributed by atoms with Crippen molar-refractivity contribution >= 4 is 27.5 Å². The number of nitro groups is 1. The van der Waals surface area contributed by atoms with Crippen molar-refractivity contribution in [1.82, 2.24) is 15.1 Å². The lowest BCUT2D eigenvalue weighted by molar-refractivity contribution is -0.384. The standard InChI is InChI=1S/C17H18N4O6S/c1-19-13-8-20(12-5-6-28(26,27)9-12)16(22)14(13)15(18-17(19)23)10-3-2-4-11(7-10)21(24)25/h2-4,7,12,15H,5-6,8-9H2,1H3,(H,18,23)/t12-,15+/m0/s1. The first-order valence-electron chi connectivity index (χ1n) is 8.71. The summed E-state index contributed by atoms with van der Waals surface area (Å²) in [5.41, 5.74) is 1.11. The number of nitrogens with zero attached hydrogens (tertiary/aromatic N) is 3. The Morgan fingerprint density at radius 2 is 2.04 bits per heavy atom. The second-order valence-electron chi connectivity index (χ2n) is 7.14. The van der Waals surface area contributed by atoms with E-state index in [1.54, 1.807) is 6.07 Å². The third-order valence-corrected chi connectivity index (χ3v) is 7.20. The zero-order chi connectivity index (χ0) is 20.2. The Balaban J connectivity index is 1.72. The van der Waals surface area contributed by atoms with Crippen LogP contribution in [0.1, 0.15) is 18.0 Å². The van der Waals surface area contributed by atoms with Crippen LogP contribution in [0, 0.1) is 10.1 Å². The summed E-state index contributed by atoms with van der Waals surface area (Å²) in [6.45, 7) is 0.143. The molecule has 28 heavy (non-hydrogen) atoms. The quantitative estimate of drug-likeness (QED) is 0.577. The lowest BCUT2D eigenvalue weighted by Gasteiger charge is -2.31. The molecule has 3 heterocycles. The maximum Gasteiger partial charge on any atom is 0.322 e. The number of likely N-dealkylation sites (N-methyl/N-ethyl adjacent to an activating group) is 1. The maximum absolute atomic E-state index is 13.2. The van der Waals surface area contributed by atoms with Crippen LogP contribution in [-0.2, 0) is 14.6 Å². The zero-order valence-corrected chi connectivity index (χ0v) is 15.8. The normalized spacial score (nSPS) is 26.5. The molecule has 3 amide bonds. The van der Waals surface area contributed by atoms with Crippen LogP contribution in [0.15, 0.2) is 35.5 Å². The number of hydrogen-bond donors (Lipinski definition) is 1. The first-order chi connectivity index (χ1) is 13.2. The van der Waals surface area contributed by atoms with Crippen molar-refractivity contribution in [3.8, 4) is 0 Å². The van der Waals surface area contributed by atoms with Gasteiger partial charge in [0.2, 0.25) is 0 Å². The molecule has 3 aliphatic heterocycles. The van der Waals surface area contributed by atoms with E-state index in [-0.39, 0.29) is 29.6 Å². The SMILES string of the molecule is CN1C(=O)N[C@H](c2cccc([N+](=O)[O-])c2)C2=C1CN([C@H]1CCS(=O)(=O)C1)C2=O. The first kappa shape index (κ1) is 18.4. The molecule has 0 aromatic heterocycles. The second kappa shape index (κ2) is 6.30. The van der Waals surface area contributed by atoms with E-state index in [9.17, 15) is 28.1 Å². The molecule has 3 aliphatic rings. The molecule has 1 fully saturated rings. The van der Waals surface area contributed by atoms with Gasteiger partial charge in [0.05, 0.1) is 40.3 Å². The summed E-state index contributed by atoms with van der Waals surface area (Å²) in [5.74, 6) is -0.403. The summed E-state index contributed by atoms with van der Waals surface area (Å²) in [6, 6.07) is 4.09. The molecule has 0 saturated carbocycles. The fraction of sp³-hybridized carbons (Fsp3) is 0.412. The van der Waals surface area contributed by atoms with E-state index >= 15 is 0 Å². The molecule has 4 rings (SSSR count). The van der Waals surface area contributed by atoms with Crippen molar-refractivity contribution in [3.63, 3.8) is 0 Å². The summed E-state index contributed by atoms with van der Waals surface area (Å²) in [5, 5.41) is 13.8. The van der Waals surface area contributed by atoms with Crippen LogP contribution in [0.2, 0.25) is 0 Å². The van der Waals surface area contributed by atoms with Crippen molar-refractivity contribution in [2.45, 2.75) is 18.5 Å². The minimum atomic E-state index is -3.18. The Morgan fingerprint density at radius 3 is 2.68 bits per heavy atom. The Morgan fingerprint density at radius 1 is 1.29 bits per heavy atom. The molecule has 1 aromatic rings. The maximum atomic E-state index is 13.2. The molecule has 0 spiro atoms. The Kier molecular flexibility index (Phi) is 4.14. The van der Waals surface area contributed by atoms with Crippen molar-refractivity contribution in [1.29, 1.82) is 0 Å². The van der Waals surface area contributed by atoms with Gasteiger partial charge in [0.25, 0.3) is 11.6 Å². The van der Waals surface area contributed by atoms with Gasteiger partial charge in [-0.05, 0) is 12.0 Å². The third-order valence-electron chi connectivity index (χ3n) is 5.45. The van der Waals surface area contributed by atoms with E-state index in [0.29, 0.717) is 23.3 Å². The number of hydrogen-bond acceptors (Lipinski definition) is 6. The molecule has 0 aliphatic carbocycles. The van der Waals surface area contributed by atoms with Crippen molar-refractivity contribution < 1.29 is 22.9 Å². The highest BCUT2D eigenvalue weighted by molar-refractivity contribution is 7.91. The van der Waals surface area contributed by atoms with E-state index in [2.05, 4.69) is 5.32 Å². The fourth-order valence-corrected chi connectivity index (χ4v) is 5.70. The second-order valence-corrected chi connectivity index (χ2v) is 9.37. The predicted molar refractivity (Wildman–Crippen MR) is 97.9 cm³/mol. The Hall–Kier alpha value is -2.95. The average Bonchev–Trinajstić information content (AvgIpc) is 3.18. The minimum absolute atomic E-state index is 0.0352. The van der Waals surface area contributed by atoms with E-state index in [1.807, 2.05) is 0 Å². The fourth-order valence-electron chi connectivity index (χ4n) is 3.97. The zero-order valence-electron chi connectivity index (χ0n) is 15.0. The number of carbonyl (C=O) groups excluding carboxylic acids is 2. The molecule has 11 heteroatoms. The Labute approximate surface area is 160 Å². The lowest BCUT2D eigenvalue weighted by atomic mass is 9.95. The van der Waals surface area contributed by atoms with Gasteiger partial charge in [0.1, 0.15) is 0 Å². The number of urea groups is 1. The molecule has 1 saturated heterocycles. The van der Waals surface area contributed by atoms with Gasteiger partial charge in [-0.1, -0.05) is 12.1 Å². The highest BCUT2D eigenvalue weighted by Gasteiger charge is 2.46. The molecule has 10 nitrogen and oxygen atoms in total. The molecule has 0 unspecified atom stereocenters. The molecule has 2 atom stereocenters. The van der Waals surface area contributed by atoms with Crippen LogP contribution < -0.4 is 5.32 Å². The number of nitro benzene ring substituents is 1. The van der Waals surface area contributed by atoms with Crippen molar-refractivity contribution in [2.75, 3.05) is 25.1 Å². The van der Waals surface area contributed by atoms with Crippen molar-refractivity contribution in [3.05, 3.63) is 51.2 Å². The van der Waals surface area contributed by atoms with Crippen LogP contribution >= 0.6 is 0 Å². The number of rotatable bonds is 3. The molecule has 0 bridgehead atoms. The molecule has 148 valence electrons. The van der Waals surface area contributed by atoms with E-state index < -0.39 is 32.9 Å². The smallest absolute Gasteiger partial charge is 0.322 e. The number of amides is 3. The minimum Gasteiger partial charge on any atom is -0.329 e. The third kappa shape index (κ3) is 2.91. The molecule has 1 aromatic carbocycles. The lowest BCUT2D eigenvalue weighted by Crippen LogP contribution is -2.45. The van der Waals surface area contributed by atoms with Crippen LogP contribution in [-0.4, -0.2) is 66.2 Å². The number of benzene rings is 1. The van der Waals surface area contributed by atoms with E-state index in [4.69, 9.17) is 0 Å². The van der Waals surface area contributed by atoms with Gasteiger partial charge in [0, 0.05) is 25.2 Å². The molecule has 0 radical (unpaired) electrons. The number of non-ortho nitro benzene ring substituents is 1. The van der Waals surface area contributed by atoms with Crippen LogP contribution in [0.5, 0.6) is 0 Å². The highest BCUT2D eigenvalue weighted by Crippen LogP contribution is 2.38.